The average molecular weight is 560 g/mol. The van der Waals surface area contributed by atoms with E-state index in [1.165, 1.54) is 55.1 Å². The number of benzene rings is 3. The maximum Gasteiger partial charge on any atom is 0.234 e. The van der Waals surface area contributed by atoms with Gasteiger partial charge >= 0.3 is 0 Å². The number of ether oxygens (including phenoxy) is 1. The average Bonchev–Trinajstić information content (AvgIpc) is 2.85. The third-order valence-electron chi connectivity index (χ3n) is 8.41. The summed E-state index contributed by atoms with van der Waals surface area (Å²) in [6, 6.07) is 16.1. The lowest BCUT2D eigenvalue weighted by atomic mass is 9.80. The van der Waals surface area contributed by atoms with Gasteiger partial charge < -0.3 is 4.74 Å². The van der Waals surface area contributed by atoms with Crippen LogP contribution in [-0.4, -0.2) is 4.98 Å². The zero-order valence-electron chi connectivity index (χ0n) is 27.5. The van der Waals surface area contributed by atoms with Gasteiger partial charge in [-0.25, -0.2) is 9.55 Å². The van der Waals surface area contributed by atoms with Gasteiger partial charge in [0.25, 0.3) is 0 Å². The Bertz CT molecular complexity index is 1890. The summed E-state index contributed by atoms with van der Waals surface area (Å²) in [5, 5.41) is 6.15. The van der Waals surface area contributed by atoms with Gasteiger partial charge in [-0.2, -0.15) is 0 Å². The first-order chi connectivity index (χ1) is 19.5. The van der Waals surface area contributed by atoms with Crippen LogP contribution in [0.15, 0.2) is 48.7 Å². The van der Waals surface area contributed by atoms with E-state index >= 15 is 0 Å². The van der Waals surface area contributed by atoms with E-state index in [0.29, 0.717) is 0 Å². The molecule has 3 heterocycles. The number of rotatable bonds is 3. The van der Waals surface area contributed by atoms with Gasteiger partial charge in [0.15, 0.2) is 6.20 Å². The lowest BCUT2D eigenvalue weighted by Crippen LogP contribution is -2.32. The Morgan fingerprint density at radius 1 is 0.690 bits per heavy atom. The summed E-state index contributed by atoms with van der Waals surface area (Å²) >= 11 is 0. The molecule has 0 unspecified atom stereocenters. The molecule has 0 fully saturated rings. The third kappa shape index (κ3) is 5.16. The second kappa shape index (κ2) is 9.53. The molecule has 0 amide bonds. The largest absolute Gasteiger partial charge is 0.437 e. The molecule has 2 aromatic heterocycles. The first-order valence-corrected chi connectivity index (χ1v) is 15.5. The van der Waals surface area contributed by atoms with E-state index in [4.69, 9.17) is 9.72 Å². The minimum atomic E-state index is 0.0954. The maximum absolute atomic E-state index is 6.98. The van der Waals surface area contributed by atoms with Crippen LogP contribution in [0.4, 0.5) is 0 Å². The molecule has 0 saturated carbocycles. The van der Waals surface area contributed by atoms with E-state index in [0.717, 1.165) is 41.8 Å². The van der Waals surface area contributed by atoms with Crippen molar-refractivity contribution < 1.29 is 9.30 Å². The van der Waals surface area contributed by atoms with Gasteiger partial charge in [0.1, 0.15) is 18.2 Å². The molecule has 3 heteroatoms. The standard InChI is InChI=1S/C39H47N2O/c1-23-28-18-24(20-37(2,3)4)12-14-26(28)30(22-39(8,9)10)35-32(23)34-33-27(16-17-41(34)11)29-19-25(21-38(5,6)7)13-15-31(29)40-36(33)42-35/h12-19H,20-22H2,1-11H3/q+1. The minimum absolute atomic E-state index is 0.0954. The van der Waals surface area contributed by atoms with Gasteiger partial charge in [0, 0.05) is 22.4 Å². The summed E-state index contributed by atoms with van der Waals surface area (Å²) < 4.78 is 9.25. The highest BCUT2D eigenvalue weighted by atomic mass is 16.5. The van der Waals surface area contributed by atoms with E-state index in [1.54, 1.807) is 0 Å². The molecular weight excluding hydrogens is 512 g/mol. The summed E-state index contributed by atoms with van der Waals surface area (Å²) in [6.45, 7) is 23.1. The summed E-state index contributed by atoms with van der Waals surface area (Å²) in [7, 11) is 2.16. The number of nitrogens with zero attached hydrogens (tertiary/aromatic N) is 2. The van der Waals surface area contributed by atoms with Crippen LogP contribution in [0, 0.1) is 23.2 Å². The van der Waals surface area contributed by atoms with Crippen LogP contribution in [0.3, 0.4) is 0 Å². The van der Waals surface area contributed by atoms with E-state index < -0.39 is 0 Å². The highest BCUT2D eigenvalue weighted by molar-refractivity contribution is 6.14. The van der Waals surface area contributed by atoms with E-state index in [2.05, 4.69) is 130 Å². The number of hydrogen-bond donors (Lipinski definition) is 0. The predicted octanol–water partition coefficient (Wildman–Crippen LogP) is 10.2. The van der Waals surface area contributed by atoms with Gasteiger partial charge in [0.05, 0.1) is 11.1 Å². The molecule has 42 heavy (non-hydrogen) atoms. The van der Waals surface area contributed by atoms with Crippen LogP contribution >= 0.6 is 0 Å². The number of aromatic nitrogens is 2. The van der Waals surface area contributed by atoms with Crippen molar-refractivity contribution in [1.82, 2.24) is 4.98 Å². The fourth-order valence-corrected chi connectivity index (χ4v) is 6.91. The van der Waals surface area contributed by atoms with E-state index in [9.17, 15) is 0 Å². The predicted molar refractivity (Wildman–Crippen MR) is 178 cm³/mol. The molecule has 0 N–H and O–H groups in total. The smallest absolute Gasteiger partial charge is 0.234 e. The highest BCUT2D eigenvalue weighted by Crippen LogP contribution is 2.52. The summed E-state index contributed by atoms with van der Waals surface area (Å²) in [5.41, 5.74) is 9.24. The molecule has 1 aliphatic heterocycles. The molecular formula is C39H47N2O+. The molecule has 0 spiro atoms. The van der Waals surface area contributed by atoms with Crippen LogP contribution in [0.1, 0.15) is 84.6 Å². The van der Waals surface area contributed by atoms with Crippen molar-refractivity contribution in [1.29, 1.82) is 0 Å². The molecule has 1 aliphatic rings. The topological polar surface area (TPSA) is 26.0 Å². The Morgan fingerprint density at radius 2 is 1.29 bits per heavy atom. The lowest BCUT2D eigenvalue weighted by molar-refractivity contribution is -0.659. The number of fused-ring (bicyclic) bond motifs is 5. The molecule has 0 radical (unpaired) electrons. The Balaban J connectivity index is 1.70. The molecule has 3 aromatic carbocycles. The lowest BCUT2D eigenvalue weighted by Gasteiger charge is -2.28. The number of aryl methyl sites for hydroxylation is 2. The highest BCUT2D eigenvalue weighted by Gasteiger charge is 2.35. The van der Waals surface area contributed by atoms with Crippen molar-refractivity contribution in [3.05, 3.63) is 70.9 Å². The fraction of sp³-hybridized carbons (Fsp3) is 0.436. The number of pyridine rings is 2. The Labute approximate surface area is 251 Å². The zero-order chi connectivity index (χ0) is 30.4. The number of hydrogen-bond acceptors (Lipinski definition) is 2. The van der Waals surface area contributed by atoms with Gasteiger partial charge in [-0.3, -0.25) is 0 Å². The summed E-state index contributed by atoms with van der Waals surface area (Å²) in [5.74, 6) is 1.70. The van der Waals surface area contributed by atoms with E-state index in [1.807, 2.05) is 0 Å². The van der Waals surface area contributed by atoms with Crippen molar-refractivity contribution in [2.45, 2.75) is 88.5 Å². The van der Waals surface area contributed by atoms with Crippen molar-refractivity contribution in [3.8, 4) is 22.9 Å². The van der Waals surface area contributed by atoms with Crippen molar-refractivity contribution in [2.24, 2.45) is 23.3 Å². The third-order valence-corrected chi connectivity index (χ3v) is 8.41. The van der Waals surface area contributed by atoms with E-state index in [-0.39, 0.29) is 16.2 Å². The van der Waals surface area contributed by atoms with Crippen LogP contribution in [0.2, 0.25) is 0 Å². The Hall–Kier alpha value is -3.46. The second-order valence-corrected chi connectivity index (χ2v) is 16.3. The van der Waals surface area contributed by atoms with Crippen molar-refractivity contribution in [2.75, 3.05) is 0 Å². The first kappa shape index (κ1) is 28.6. The van der Waals surface area contributed by atoms with Crippen LogP contribution < -0.4 is 9.30 Å². The Kier molecular flexibility index (Phi) is 6.50. The second-order valence-electron chi connectivity index (χ2n) is 16.3. The van der Waals surface area contributed by atoms with Gasteiger partial charge in [-0.15, -0.1) is 0 Å². The first-order valence-electron chi connectivity index (χ1n) is 15.5. The molecule has 0 atom stereocenters. The quantitative estimate of drug-likeness (QED) is 0.159. The fourth-order valence-electron chi connectivity index (χ4n) is 6.91. The normalized spacial score (nSPS) is 13.6. The van der Waals surface area contributed by atoms with Gasteiger partial charge in [-0.1, -0.05) is 86.6 Å². The Morgan fingerprint density at radius 3 is 1.90 bits per heavy atom. The summed E-state index contributed by atoms with van der Waals surface area (Å²) in [4.78, 5) is 5.18. The zero-order valence-corrected chi connectivity index (χ0v) is 27.5. The van der Waals surface area contributed by atoms with Crippen LogP contribution in [0.25, 0.3) is 43.7 Å². The summed E-state index contributed by atoms with van der Waals surface area (Å²) in [6.07, 6.45) is 5.21. The SMILES string of the molecule is Cc1c2c(c(CC(C)(C)C)c3ccc(CC(C)(C)C)cc13)Oc1nc3ccc(CC(C)(C)C)cc3c3cc[n+](C)c-2c13. The minimum Gasteiger partial charge on any atom is -0.437 e. The van der Waals surface area contributed by atoms with Gasteiger partial charge in [-0.05, 0) is 82.0 Å². The van der Waals surface area contributed by atoms with Crippen LogP contribution in [0.5, 0.6) is 11.6 Å². The monoisotopic (exact) mass is 559 g/mol. The van der Waals surface area contributed by atoms with Crippen molar-refractivity contribution >= 4 is 32.4 Å². The van der Waals surface area contributed by atoms with Crippen LogP contribution in [-0.2, 0) is 26.3 Å². The molecule has 5 aromatic rings. The van der Waals surface area contributed by atoms with Gasteiger partial charge in [0.2, 0.25) is 11.6 Å². The molecule has 3 nitrogen and oxygen atoms in total. The molecule has 0 aliphatic carbocycles. The molecule has 6 rings (SSSR count). The molecule has 0 bridgehead atoms. The van der Waals surface area contributed by atoms with Crippen molar-refractivity contribution in [3.63, 3.8) is 0 Å². The maximum atomic E-state index is 6.98. The molecule has 0 saturated heterocycles. The molecule has 218 valence electrons.